The molecule has 22 heavy (non-hydrogen) atoms. The summed E-state index contributed by atoms with van der Waals surface area (Å²) >= 11 is 3.41. The molecule has 0 saturated carbocycles. The minimum atomic E-state index is 0.834. The fraction of sp³-hybridized carbons (Fsp3) is 0.222. The Hall–Kier alpha value is -2.12. The molecule has 0 bridgehead atoms. The van der Waals surface area contributed by atoms with Gasteiger partial charge < -0.3 is 0 Å². The van der Waals surface area contributed by atoms with Gasteiger partial charge in [-0.05, 0) is 62.4 Å². The fourth-order valence-corrected chi connectivity index (χ4v) is 2.02. The molecular weight excluding hydrogens is 338 g/mol. The van der Waals surface area contributed by atoms with E-state index in [-0.39, 0.29) is 0 Å². The van der Waals surface area contributed by atoms with Crippen molar-refractivity contribution in [3.63, 3.8) is 0 Å². The van der Waals surface area contributed by atoms with Crippen molar-refractivity contribution in [3.8, 4) is 11.8 Å². The summed E-state index contributed by atoms with van der Waals surface area (Å²) in [6, 6.07) is 15.7. The average molecular weight is 356 g/mol. The number of hydrogen-bond acceptors (Lipinski definition) is 2. The lowest BCUT2D eigenvalue weighted by atomic mass is 10.2. The number of benzene rings is 2. The highest BCUT2D eigenvalue weighted by molar-refractivity contribution is 9.10. The van der Waals surface area contributed by atoms with Gasteiger partial charge >= 0.3 is 0 Å². The predicted molar refractivity (Wildman–Crippen MR) is 94.0 cm³/mol. The van der Waals surface area contributed by atoms with Gasteiger partial charge in [-0.1, -0.05) is 33.0 Å². The molecule has 0 amide bonds. The lowest BCUT2D eigenvalue weighted by molar-refractivity contribution is 0.301. The van der Waals surface area contributed by atoms with Crippen molar-refractivity contribution in [1.29, 1.82) is 0 Å². The van der Waals surface area contributed by atoms with Gasteiger partial charge in [-0.2, -0.15) is 0 Å². The van der Waals surface area contributed by atoms with E-state index in [0.29, 0.717) is 0 Å². The highest BCUT2D eigenvalue weighted by Crippen LogP contribution is 2.14. The second-order valence-electron chi connectivity index (χ2n) is 4.63. The summed E-state index contributed by atoms with van der Waals surface area (Å²) in [4.78, 5) is 0. The van der Waals surface area contributed by atoms with Crippen LogP contribution in [0.1, 0.15) is 25.0 Å². The number of nitrogens with zero attached hydrogens (tertiary/aromatic N) is 3. The molecule has 2 aromatic carbocycles. The van der Waals surface area contributed by atoms with E-state index in [9.17, 15) is 0 Å². The Kier molecular flexibility index (Phi) is 6.17. The maximum absolute atomic E-state index is 4.21. The first-order valence-corrected chi connectivity index (χ1v) is 8.04. The average Bonchev–Trinajstić information content (AvgIpc) is 2.56. The fourth-order valence-electron chi connectivity index (χ4n) is 1.75. The van der Waals surface area contributed by atoms with Gasteiger partial charge in [0, 0.05) is 28.7 Å². The van der Waals surface area contributed by atoms with Gasteiger partial charge in [0.1, 0.15) is 0 Å². The van der Waals surface area contributed by atoms with E-state index in [0.717, 1.165) is 34.4 Å². The minimum Gasteiger partial charge on any atom is -0.279 e. The van der Waals surface area contributed by atoms with Crippen LogP contribution in [0, 0.1) is 11.8 Å². The Morgan fingerprint density at radius 2 is 1.36 bits per heavy atom. The zero-order valence-electron chi connectivity index (χ0n) is 12.8. The quantitative estimate of drug-likeness (QED) is 0.421. The molecule has 112 valence electrons. The van der Waals surface area contributed by atoms with E-state index >= 15 is 0 Å². The summed E-state index contributed by atoms with van der Waals surface area (Å²) in [6.07, 6.45) is 0. The van der Waals surface area contributed by atoms with Crippen LogP contribution in [0.25, 0.3) is 0 Å². The van der Waals surface area contributed by atoms with Gasteiger partial charge in [-0.25, -0.2) is 0 Å². The van der Waals surface area contributed by atoms with E-state index in [4.69, 9.17) is 0 Å². The van der Waals surface area contributed by atoms with Crippen LogP contribution in [0.2, 0.25) is 0 Å². The Balaban J connectivity index is 2.05. The molecule has 0 fully saturated rings. The molecule has 0 aliphatic heterocycles. The molecule has 0 aromatic heterocycles. The van der Waals surface area contributed by atoms with Crippen LogP contribution in [0.4, 0.5) is 5.69 Å². The van der Waals surface area contributed by atoms with Crippen molar-refractivity contribution >= 4 is 21.6 Å². The monoisotopic (exact) mass is 355 g/mol. The molecule has 4 heteroatoms. The largest absolute Gasteiger partial charge is 0.279 e. The molecule has 0 radical (unpaired) electrons. The van der Waals surface area contributed by atoms with Crippen molar-refractivity contribution in [1.82, 2.24) is 5.01 Å². The second-order valence-corrected chi connectivity index (χ2v) is 5.55. The van der Waals surface area contributed by atoms with Crippen LogP contribution in [-0.4, -0.2) is 18.1 Å². The van der Waals surface area contributed by atoms with E-state index in [1.807, 2.05) is 53.5 Å². The molecule has 0 saturated heterocycles. The van der Waals surface area contributed by atoms with E-state index < -0.39 is 0 Å². The molecule has 0 aliphatic rings. The molecule has 0 aliphatic carbocycles. The maximum Gasteiger partial charge on any atom is 0.0875 e. The molecular formula is C18H18BrN3. The summed E-state index contributed by atoms with van der Waals surface area (Å²) in [5, 5.41) is 10.3. The SMILES string of the molecule is CCN(CC)N=Nc1ccc(C#Cc2ccc(Br)cc2)cc1. The van der Waals surface area contributed by atoms with Crippen LogP contribution in [0.15, 0.2) is 63.3 Å². The van der Waals surface area contributed by atoms with Gasteiger partial charge in [-0.3, -0.25) is 5.01 Å². The third-order valence-electron chi connectivity index (χ3n) is 3.08. The van der Waals surface area contributed by atoms with Gasteiger partial charge in [0.05, 0.1) is 5.69 Å². The molecule has 2 rings (SSSR count). The third-order valence-corrected chi connectivity index (χ3v) is 3.61. The number of halogens is 1. The van der Waals surface area contributed by atoms with E-state index in [1.165, 1.54) is 0 Å². The van der Waals surface area contributed by atoms with E-state index in [1.54, 1.807) is 0 Å². The van der Waals surface area contributed by atoms with Gasteiger partial charge in [0.2, 0.25) is 0 Å². The summed E-state index contributed by atoms with van der Waals surface area (Å²) in [5.41, 5.74) is 2.79. The molecule has 0 atom stereocenters. The zero-order valence-corrected chi connectivity index (χ0v) is 14.3. The van der Waals surface area contributed by atoms with Gasteiger partial charge in [0.15, 0.2) is 0 Å². The van der Waals surface area contributed by atoms with Crippen molar-refractivity contribution in [2.24, 2.45) is 10.3 Å². The lowest BCUT2D eigenvalue weighted by Crippen LogP contribution is -2.14. The number of hydrogen-bond donors (Lipinski definition) is 0. The number of rotatable bonds is 4. The first-order valence-electron chi connectivity index (χ1n) is 7.25. The van der Waals surface area contributed by atoms with Crippen molar-refractivity contribution in [2.75, 3.05) is 13.1 Å². The lowest BCUT2D eigenvalue weighted by Gasteiger charge is -2.10. The van der Waals surface area contributed by atoms with Gasteiger partial charge in [0.25, 0.3) is 0 Å². The summed E-state index contributed by atoms with van der Waals surface area (Å²) < 4.78 is 1.06. The second kappa shape index (κ2) is 8.35. The third kappa shape index (κ3) is 5.01. The Morgan fingerprint density at radius 1 is 0.864 bits per heavy atom. The van der Waals surface area contributed by atoms with Crippen LogP contribution < -0.4 is 0 Å². The van der Waals surface area contributed by atoms with Crippen LogP contribution in [-0.2, 0) is 0 Å². The highest BCUT2D eigenvalue weighted by atomic mass is 79.9. The topological polar surface area (TPSA) is 28.0 Å². The zero-order chi connectivity index (χ0) is 15.8. The van der Waals surface area contributed by atoms with Gasteiger partial charge in [-0.15, -0.1) is 5.11 Å². The van der Waals surface area contributed by atoms with E-state index in [2.05, 4.69) is 52.0 Å². The molecule has 0 unspecified atom stereocenters. The summed E-state index contributed by atoms with van der Waals surface area (Å²) in [5.74, 6) is 6.29. The normalized spacial score (nSPS) is 10.3. The smallest absolute Gasteiger partial charge is 0.0875 e. The summed E-state index contributed by atoms with van der Waals surface area (Å²) in [7, 11) is 0. The van der Waals surface area contributed by atoms with Crippen molar-refractivity contribution in [2.45, 2.75) is 13.8 Å². The molecule has 2 aromatic rings. The van der Waals surface area contributed by atoms with Crippen LogP contribution >= 0.6 is 15.9 Å². The molecule has 0 heterocycles. The predicted octanol–water partition coefficient (Wildman–Crippen LogP) is 5.19. The van der Waals surface area contributed by atoms with Crippen molar-refractivity contribution in [3.05, 3.63) is 64.1 Å². The molecule has 0 N–H and O–H groups in total. The standard InChI is InChI=1S/C18H18BrN3/c1-3-22(4-2)21-20-18-13-9-16(10-14-18)6-5-15-7-11-17(19)12-8-15/h7-14H,3-4H2,1-2H3. The molecule has 3 nitrogen and oxygen atoms in total. The first-order chi connectivity index (χ1) is 10.7. The van der Waals surface area contributed by atoms with Crippen LogP contribution in [0.3, 0.4) is 0 Å². The highest BCUT2D eigenvalue weighted by Gasteiger charge is 1.94. The Labute approximate surface area is 140 Å². The minimum absolute atomic E-state index is 0.834. The molecule has 0 spiro atoms. The Morgan fingerprint density at radius 3 is 1.86 bits per heavy atom. The van der Waals surface area contributed by atoms with Crippen LogP contribution in [0.5, 0.6) is 0 Å². The maximum atomic E-state index is 4.21. The summed E-state index contributed by atoms with van der Waals surface area (Å²) in [6.45, 7) is 5.83. The Bertz CT molecular complexity index is 675. The van der Waals surface area contributed by atoms with Crippen molar-refractivity contribution < 1.29 is 0 Å². The first kappa shape index (κ1) is 16.3.